The monoisotopic (exact) mass is 411 g/mol. The molecule has 1 N–H and O–H groups in total. The molecule has 0 aliphatic carbocycles. The summed E-state index contributed by atoms with van der Waals surface area (Å²) in [6.45, 7) is 0.878. The lowest BCUT2D eigenvalue weighted by Gasteiger charge is -2.25. The summed E-state index contributed by atoms with van der Waals surface area (Å²) in [6, 6.07) is 11.7. The predicted molar refractivity (Wildman–Crippen MR) is 105 cm³/mol. The van der Waals surface area contributed by atoms with Crippen LogP contribution in [0.5, 0.6) is 0 Å². The molecule has 0 unspecified atom stereocenters. The molecule has 3 rings (SSSR count). The Hall–Kier alpha value is -3.73. The second-order valence-corrected chi connectivity index (χ2v) is 6.88. The van der Waals surface area contributed by atoms with Gasteiger partial charge in [-0.25, -0.2) is 4.79 Å². The van der Waals surface area contributed by atoms with Gasteiger partial charge in [-0.05, 0) is 23.6 Å². The maximum Gasteiger partial charge on any atom is 0.409 e. The molecule has 2 heterocycles. The van der Waals surface area contributed by atoms with Gasteiger partial charge < -0.3 is 15.0 Å². The zero-order valence-electron chi connectivity index (χ0n) is 15.5. The first-order valence-corrected chi connectivity index (χ1v) is 9.26. The average Bonchev–Trinajstić information content (AvgIpc) is 3.08. The number of ether oxygens (including phenoxy) is 1. The van der Waals surface area contributed by atoms with Crippen LogP contribution in [0.25, 0.3) is 6.08 Å². The number of thiophene rings is 1. The number of nitrogens with zero attached hydrogens (tertiary/aromatic N) is 2. The van der Waals surface area contributed by atoms with Crippen LogP contribution >= 0.6 is 11.3 Å². The number of amides is 2. The molecule has 29 heavy (non-hydrogen) atoms. The van der Waals surface area contributed by atoms with Crippen LogP contribution in [0.4, 0.5) is 9.80 Å². The number of carbonyl (C=O) groups is 2. The van der Waals surface area contributed by atoms with E-state index in [9.17, 15) is 14.9 Å². The number of nitriles is 1. The molecule has 1 aliphatic rings. The third-order valence-corrected chi connectivity index (χ3v) is 5.20. The van der Waals surface area contributed by atoms with Crippen molar-refractivity contribution < 1.29 is 23.9 Å². The molecule has 1 aromatic carbocycles. The second-order valence-electron chi connectivity index (χ2n) is 5.78. The first kappa shape index (κ1) is 21.6. The number of carbonyl (C=O) groups excluding carboxylic acids is 4. The summed E-state index contributed by atoms with van der Waals surface area (Å²) in [6.07, 6.45) is 3.59. The zero-order chi connectivity index (χ0) is 21.2. The molecule has 1 aromatic heterocycles. The molecule has 0 saturated carbocycles. The Morgan fingerprint density at radius 1 is 1.28 bits per heavy atom. The summed E-state index contributed by atoms with van der Waals surface area (Å²) < 4.78 is 4.75. The standard InChI is InChI=1S/C19H17N3O3S.CO2/c1-25-19(24)22-10-9-14-15(11-20)18(26-16(14)12-22)21-17(23)8-7-13-5-3-2-4-6-13;2-1-3/h2-8H,9-10,12H2,1H3,(H,21,23);/b8-7+;. The van der Waals surface area contributed by atoms with Crippen LogP contribution < -0.4 is 5.32 Å². The van der Waals surface area contributed by atoms with Gasteiger partial charge in [0.2, 0.25) is 5.91 Å². The van der Waals surface area contributed by atoms with Crippen molar-refractivity contribution in [2.45, 2.75) is 13.0 Å². The average molecular weight is 411 g/mol. The van der Waals surface area contributed by atoms with Crippen molar-refractivity contribution in [3.05, 3.63) is 58.0 Å². The van der Waals surface area contributed by atoms with E-state index < -0.39 is 0 Å². The van der Waals surface area contributed by atoms with E-state index in [4.69, 9.17) is 14.3 Å². The van der Waals surface area contributed by atoms with Gasteiger partial charge in [-0.2, -0.15) is 14.9 Å². The van der Waals surface area contributed by atoms with Crippen LogP contribution in [-0.4, -0.2) is 36.7 Å². The Morgan fingerprint density at radius 2 is 1.97 bits per heavy atom. The maximum absolute atomic E-state index is 12.2. The molecule has 0 spiro atoms. The fraction of sp³-hybridized carbons (Fsp3) is 0.200. The molecule has 0 radical (unpaired) electrons. The highest BCUT2D eigenvalue weighted by atomic mass is 32.1. The van der Waals surface area contributed by atoms with Crippen molar-refractivity contribution in [2.24, 2.45) is 0 Å². The molecule has 8 nitrogen and oxygen atoms in total. The number of methoxy groups -OCH3 is 1. The molecule has 0 saturated heterocycles. The number of rotatable bonds is 3. The number of hydrogen-bond donors (Lipinski definition) is 1. The summed E-state index contributed by atoms with van der Waals surface area (Å²) in [4.78, 5) is 42.6. The quantitative estimate of drug-likeness (QED) is 0.776. The van der Waals surface area contributed by atoms with E-state index in [2.05, 4.69) is 11.4 Å². The molecule has 0 fully saturated rings. The van der Waals surface area contributed by atoms with Crippen molar-refractivity contribution in [3.8, 4) is 6.07 Å². The minimum Gasteiger partial charge on any atom is -0.453 e. The van der Waals surface area contributed by atoms with Crippen LogP contribution in [0.3, 0.4) is 0 Å². The Bertz CT molecular complexity index is 986. The van der Waals surface area contributed by atoms with E-state index in [0.717, 1.165) is 16.0 Å². The Balaban J connectivity index is 0.000000941. The Labute approximate surface area is 171 Å². The van der Waals surface area contributed by atoms with Gasteiger partial charge in [0, 0.05) is 17.5 Å². The summed E-state index contributed by atoms with van der Waals surface area (Å²) >= 11 is 1.33. The van der Waals surface area contributed by atoms with Gasteiger partial charge in [0.1, 0.15) is 11.1 Å². The first-order valence-electron chi connectivity index (χ1n) is 8.45. The van der Waals surface area contributed by atoms with Gasteiger partial charge in [0.25, 0.3) is 0 Å². The fourth-order valence-corrected chi connectivity index (χ4v) is 4.00. The number of benzene rings is 1. The summed E-state index contributed by atoms with van der Waals surface area (Å²) in [7, 11) is 1.34. The van der Waals surface area contributed by atoms with Crippen molar-refractivity contribution in [1.29, 1.82) is 5.26 Å². The van der Waals surface area contributed by atoms with E-state index in [1.54, 1.807) is 11.0 Å². The zero-order valence-corrected chi connectivity index (χ0v) is 16.3. The summed E-state index contributed by atoms with van der Waals surface area (Å²) in [5.74, 6) is -0.297. The lowest BCUT2D eigenvalue weighted by Crippen LogP contribution is -2.35. The van der Waals surface area contributed by atoms with Gasteiger partial charge in [-0.1, -0.05) is 30.3 Å². The van der Waals surface area contributed by atoms with Crippen molar-refractivity contribution in [1.82, 2.24) is 4.90 Å². The molecule has 2 amide bonds. The summed E-state index contributed by atoms with van der Waals surface area (Å²) in [5, 5.41) is 12.8. The molecule has 148 valence electrons. The number of fused-ring (bicyclic) bond motifs is 1. The molecule has 9 heteroatoms. The van der Waals surface area contributed by atoms with Gasteiger partial charge in [-0.15, -0.1) is 11.3 Å². The number of hydrogen-bond acceptors (Lipinski definition) is 7. The predicted octanol–water partition coefficient (Wildman–Crippen LogP) is 2.81. The Morgan fingerprint density at radius 3 is 2.59 bits per heavy atom. The smallest absolute Gasteiger partial charge is 0.409 e. The second kappa shape index (κ2) is 10.6. The van der Waals surface area contributed by atoms with E-state index in [0.29, 0.717) is 30.1 Å². The van der Waals surface area contributed by atoms with E-state index >= 15 is 0 Å². The SMILES string of the molecule is COC(=O)N1CCc2c(sc(NC(=O)/C=C/c3ccccc3)c2C#N)C1.O=C=O. The molecular formula is C20H17N3O5S. The highest BCUT2D eigenvalue weighted by Crippen LogP contribution is 2.36. The largest absolute Gasteiger partial charge is 0.453 e. The minimum atomic E-state index is -0.390. The first-order chi connectivity index (χ1) is 14.0. The van der Waals surface area contributed by atoms with E-state index in [1.165, 1.54) is 24.5 Å². The molecule has 1 aliphatic heterocycles. The van der Waals surface area contributed by atoms with Crippen LogP contribution in [0.15, 0.2) is 36.4 Å². The lowest BCUT2D eigenvalue weighted by atomic mass is 10.0. The highest BCUT2D eigenvalue weighted by Gasteiger charge is 2.27. The van der Waals surface area contributed by atoms with Crippen LogP contribution in [0.1, 0.15) is 21.6 Å². The lowest BCUT2D eigenvalue weighted by molar-refractivity contribution is -0.191. The maximum atomic E-state index is 12.2. The van der Waals surface area contributed by atoms with Gasteiger partial charge >= 0.3 is 12.2 Å². The third kappa shape index (κ3) is 5.62. The summed E-state index contributed by atoms with van der Waals surface area (Å²) in [5.41, 5.74) is 2.30. The molecular weight excluding hydrogens is 394 g/mol. The van der Waals surface area contributed by atoms with Gasteiger partial charge in [-0.3, -0.25) is 4.79 Å². The van der Waals surface area contributed by atoms with Gasteiger partial charge in [0.15, 0.2) is 0 Å². The van der Waals surface area contributed by atoms with Gasteiger partial charge in [0.05, 0.1) is 19.2 Å². The number of nitrogens with one attached hydrogen (secondary N) is 1. The van der Waals surface area contributed by atoms with E-state index in [-0.39, 0.29) is 18.2 Å². The molecule has 2 aromatic rings. The number of anilines is 1. The van der Waals surface area contributed by atoms with Crippen LogP contribution in [0.2, 0.25) is 0 Å². The third-order valence-electron chi connectivity index (χ3n) is 4.06. The van der Waals surface area contributed by atoms with Crippen molar-refractivity contribution >= 4 is 40.6 Å². The fourth-order valence-electron chi connectivity index (χ4n) is 2.78. The molecule has 0 bridgehead atoms. The normalized spacial score (nSPS) is 12.1. The van der Waals surface area contributed by atoms with E-state index in [1.807, 2.05) is 30.3 Å². The van der Waals surface area contributed by atoms with Crippen molar-refractivity contribution in [3.63, 3.8) is 0 Å². The molecule has 0 atom stereocenters. The van der Waals surface area contributed by atoms with Crippen LogP contribution in [-0.2, 0) is 32.1 Å². The van der Waals surface area contributed by atoms with Crippen LogP contribution in [0, 0.1) is 11.3 Å². The topological polar surface area (TPSA) is 117 Å². The minimum absolute atomic E-state index is 0.250. The Kier molecular flexibility index (Phi) is 7.86. The van der Waals surface area contributed by atoms with Crippen molar-refractivity contribution in [2.75, 3.05) is 19.0 Å². The highest BCUT2D eigenvalue weighted by molar-refractivity contribution is 7.16.